The van der Waals surface area contributed by atoms with Crippen LogP contribution >= 0.6 is 11.3 Å². The number of halogens is 1. The Morgan fingerprint density at radius 1 is 0.914 bits per heavy atom. The van der Waals surface area contributed by atoms with Crippen LogP contribution in [-0.2, 0) is 22.7 Å². The van der Waals surface area contributed by atoms with Crippen molar-refractivity contribution >= 4 is 23.2 Å². The van der Waals surface area contributed by atoms with Gasteiger partial charge in [-0.3, -0.25) is 19.4 Å². The quantitative estimate of drug-likeness (QED) is 0.470. The summed E-state index contributed by atoms with van der Waals surface area (Å²) in [6.07, 6.45) is 0. The minimum Gasteiger partial charge on any atom is -0.344 e. The van der Waals surface area contributed by atoms with Gasteiger partial charge in [0.1, 0.15) is 5.82 Å². The topological polar surface area (TPSA) is 64.7 Å². The smallest absolute Gasteiger partial charge is 0.309 e. The van der Waals surface area contributed by atoms with Crippen molar-refractivity contribution in [2.45, 2.75) is 32.1 Å². The number of thiophene rings is 1. The van der Waals surface area contributed by atoms with Gasteiger partial charge in [0.25, 0.3) is 0 Å². The molecule has 1 aliphatic heterocycles. The number of benzene rings is 2. The predicted octanol–water partition coefficient (Wildman–Crippen LogP) is 3.57. The second-order valence-corrected chi connectivity index (χ2v) is 9.81. The third-order valence-corrected chi connectivity index (χ3v) is 7.23. The van der Waals surface area contributed by atoms with E-state index in [-0.39, 0.29) is 24.4 Å². The van der Waals surface area contributed by atoms with Gasteiger partial charge in [0.2, 0.25) is 0 Å². The molecule has 0 bridgehead atoms. The zero-order chi connectivity index (χ0) is 24.6. The summed E-state index contributed by atoms with van der Waals surface area (Å²) >= 11 is 1.66. The van der Waals surface area contributed by atoms with Gasteiger partial charge in [-0.15, -0.1) is 11.3 Å². The van der Waals surface area contributed by atoms with Gasteiger partial charge in [-0.25, -0.2) is 4.39 Å². The number of carbonyl (C=O) groups excluding carboxylic acids is 2. The fourth-order valence-electron chi connectivity index (χ4n) is 4.46. The molecule has 1 saturated heterocycles. The Balaban J connectivity index is 1.33. The molecule has 2 aromatic carbocycles. The highest BCUT2D eigenvalue weighted by molar-refractivity contribution is 7.10. The normalized spacial score (nSPS) is 16.4. The molecule has 0 unspecified atom stereocenters. The standard InChI is InChI=1S/C27H31FN4O2S/c1-20(30-27(34)26(33)29-18-21-9-11-23(28)12-10-21)25(24-8-5-17-35-24)32-15-13-31(14-16-32)19-22-6-3-2-4-7-22/h2-12,17,20,25H,13-16,18-19H2,1H3,(H,29,33)(H,30,34)/t20-,25+/m1/s1. The van der Waals surface area contributed by atoms with Gasteiger partial charge in [-0.05, 0) is 41.6 Å². The molecule has 6 nitrogen and oxygen atoms in total. The first-order valence-electron chi connectivity index (χ1n) is 11.9. The van der Waals surface area contributed by atoms with Crippen LogP contribution in [0.2, 0.25) is 0 Å². The third kappa shape index (κ3) is 6.97. The maximum absolute atomic E-state index is 13.1. The lowest BCUT2D eigenvalue weighted by Crippen LogP contribution is -2.53. The Labute approximate surface area is 209 Å². The number of piperazine rings is 1. The van der Waals surface area contributed by atoms with Crippen LogP contribution in [0.5, 0.6) is 0 Å². The predicted molar refractivity (Wildman–Crippen MR) is 136 cm³/mol. The van der Waals surface area contributed by atoms with E-state index in [0.717, 1.165) is 38.3 Å². The van der Waals surface area contributed by atoms with Crippen molar-refractivity contribution in [1.82, 2.24) is 20.4 Å². The van der Waals surface area contributed by atoms with Crippen molar-refractivity contribution in [2.24, 2.45) is 0 Å². The Bertz CT molecular complexity index is 1080. The Kier molecular flexibility index (Phi) is 8.63. The third-order valence-electron chi connectivity index (χ3n) is 6.29. The van der Waals surface area contributed by atoms with Crippen molar-refractivity contribution in [3.05, 3.63) is 93.9 Å². The number of rotatable bonds is 8. The molecule has 8 heteroatoms. The largest absolute Gasteiger partial charge is 0.344 e. The van der Waals surface area contributed by atoms with Gasteiger partial charge in [-0.2, -0.15) is 0 Å². The Morgan fingerprint density at radius 2 is 1.63 bits per heavy atom. The molecular weight excluding hydrogens is 463 g/mol. The fraction of sp³-hybridized carbons (Fsp3) is 0.333. The van der Waals surface area contributed by atoms with Crippen molar-refractivity contribution in [1.29, 1.82) is 0 Å². The second kappa shape index (κ2) is 12.1. The van der Waals surface area contributed by atoms with Crippen molar-refractivity contribution in [2.75, 3.05) is 26.2 Å². The zero-order valence-corrected chi connectivity index (χ0v) is 20.6. The SMILES string of the molecule is C[C@@H](NC(=O)C(=O)NCc1ccc(F)cc1)[C@@H](c1cccs1)N1CCN(Cc2ccccc2)CC1. The highest BCUT2D eigenvalue weighted by Crippen LogP contribution is 2.29. The fourth-order valence-corrected chi connectivity index (χ4v) is 5.42. The van der Waals surface area contributed by atoms with Crippen molar-refractivity contribution < 1.29 is 14.0 Å². The maximum Gasteiger partial charge on any atom is 0.309 e. The summed E-state index contributed by atoms with van der Waals surface area (Å²) in [6.45, 7) is 6.69. The average molecular weight is 495 g/mol. The molecule has 1 aliphatic rings. The van der Waals surface area contributed by atoms with Crippen LogP contribution in [-0.4, -0.2) is 53.8 Å². The van der Waals surface area contributed by atoms with E-state index in [1.807, 2.05) is 24.4 Å². The Morgan fingerprint density at radius 3 is 2.29 bits per heavy atom. The van der Waals surface area contributed by atoms with Crippen molar-refractivity contribution in [3.8, 4) is 0 Å². The van der Waals surface area contributed by atoms with Gasteiger partial charge in [0, 0.05) is 50.2 Å². The lowest BCUT2D eigenvalue weighted by atomic mass is 10.0. The summed E-state index contributed by atoms with van der Waals surface area (Å²) < 4.78 is 13.1. The number of carbonyl (C=O) groups is 2. The average Bonchev–Trinajstić information content (AvgIpc) is 3.39. The van der Waals surface area contributed by atoms with Gasteiger partial charge in [0.05, 0.1) is 6.04 Å². The van der Waals surface area contributed by atoms with Gasteiger partial charge in [-0.1, -0.05) is 48.5 Å². The van der Waals surface area contributed by atoms with E-state index >= 15 is 0 Å². The van der Waals surface area contributed by atoms with Gasteiger partial charge >= 0.3 is 11.8 Å². The molecule has 35 heavy (non-hydrogen) atoms. The summed E-state index contributed by atoms with van der Waals surface area (Å²) in [6, 6.07) is 20.1. The molecule has 1 aromatic heterocycles. The highest BCUT2D eigenvalue weighted by Gasteiger charge is 2.31. The van der Waals surface area contributed by atoms with E-state index < -0.39 is 11.8 Å². The van der Waals surface area contributed by atoms with Crippen LogP contribution in [0.4, 0.5) is 4.39 Å². The molecule has 0 radical (unpaired) electrons. The number of amides is 2. The summed E-state index contributed by atoms with van der Waals surface area (Å²) in [5, 5.41) is 7.56. The molecule has 4 rings (SSSR count). The minimum absolute atomic E-state index is 0.0114. The summed E-state index contributed by atoms with van der Waals surface area (Å²) in [5.41, 5.74) is 2.04. The molecule has 2 heterocycles. The zero-order valence-electron chi connectivity index (χ0n) is 19.8. The summed E-state index contributed by atoms with van der Waals surface area (Å²) in [4.78, 5) is 31.1. The monoisotopic (exact) mass is 494 g/mol. The van der Waals surface area contributed by atoms with Gasteiger partial charge in [0.15, 0.2) is 0 Å². The number of hydrogen-bond acceptors (Lipinski definition) is 5. The number of hydrogen-bond donors (Lipinski definition) is 2. The molecule has 0 saturated carbocycles. The van der Waals surface area contributed by atoms with Crippen LogP contribution in [0, 0.1) is 5.82 Å². The van der Waals surface area contributed by atoms with E-state index in [9.17, 15) is 14.0 Å². The molecule has 2 N–H and O–H groups in total. The summed E-state index contributed by atoms with van der Waals surface area (Å²) in [7, 11) is 0. The first kappa shape index (κ1) is 25.0. The maximum atomic E-state index is 13.1. The van der Waals surface area contributed by atoms with E-state index in [4.69, 9.17) is 0 Å². The second-order valence-electron chi connectivity index (χ2n) is 8.83. The number of nitrogens with one attached hydrogen (secondary N) is 2. The molecule has 0 aliphatic carbocycles. The molecule has 0 spiro atoms. The molecular formula is C27H31FN4O2S. The lowest BCUT2D eigenvalue weighted by Gasteiger charge is -2.41. The Hall–Kier alpha value is -3.07. The van der Waals surface area contributed by atoms with E-state index in [0.29, 0.717) is 0 Å². The van der Waals surface area contributed by atoms with Gasteiger partial charge < -0.3 is 10.6 Å². The molecule has 3 aromatic rings. The van der Waals surface area contributed by atoms with Crippen LogP contribution in [0.15, 0.2) is 72.1 Å². The van der Waals surface area contributed by atoms with Crippen LogP contribution in [0.25, 0.3) is 0 Å². The van der Waals surface area contributed by atoms with Crippen molar-refractivity contribution in [3.63, 3.8) is 0 Å². The van der Waals surface area contributed by atoms with Crippen LogP contribution in [0.3, 0.4) is 0 Å². The molecule has 184 valence electrons. The van der Waals surface area contributed by atoms with E-state index in [1.165, 1.54) is 22.6 Å². The summed E-state index contributed by atoms with van der Waals surface area (Å²) in [5.74, 6) is -1.70. The molecule has 2 amide bonds. The minimum atomic E-state index is -0.696. The highest BCUT2D eigenvalue weighted by atomic mass is 32.1. The van der Waals surface area contributed by atoms with E-state index in [1.54, 1.807) is 23.5 Å². The first-order valence-corrected chi connectivity index (χ1v) is 12.7. The molecule has 1 fully saturated rings. The molecule has 2 atom stereocenters. The van der Waals surface area contributed by atoms with Crippen LogP contribution < -0.4 is 10.6 Å². The first-order chi connectivity index (χ1) is 17.0. The number of nitrogens with zero attached hydrogens (tertiary/aromatic N) is 2. The van der Waals surface area contributed by atoms with Crippen LogP contribution in [0.1, 0.15) is 29.0 Å². The van der Waals surface area contributed by atoms with E-state index in [2.05, 4.69) is 50.8 Å². The lowest BCUT2D eigenvalue weighted by molar-refractivity contribution is -0.140.